The van der Waals surface area contributed by atoms with Gasteiger partial charge in [-0.05, 0) is 32.7 Å². The van der Waals surface area contributed by atoms with E-state index in [1.54, 1.807) is 11.8 Å². The smallest absolute Gasteiger partial charge is 0.286 e. The number of amides is 1. The number of hydrogen-bond acceptors (Lipinski definition) is 6. The minimum Gasteiger partial charge on any atom is -0.493 e. The summed E-state index contributed by atoms with van der Waals surface area (Å²) in [5, 5.41) is 11.4. The van der Waals surface area contributed by atoms with E-state index in [0.29, 0.717) is 25.4 Å². The summed E-state index contributed by atoms with van der Waals surface area (Å²) in [6.07, 6.45) is 0.796. The predicted molar refractivity (Wildman–Crippen MR) is 88.5 cm³/mol. The van der Waals surface area contributed by atoms with Crippen LogP contribution < -0.4 is 15.2 Å². The van der Waals surface area contributed by atoms with Gasteiger partial charge < -0.3 is 20.1 Å². The highest BCUT2D eigenvalue weighted by Crippen LogP contribution is 2.36. The highest BCUT2D eigenvalue weighted by atomic mass is 16.6. The summed E-state index contributed by atoms with van der Waals surface area (Å²) < 4.78 is 10.6. The van der Waals surface area contributed by atoms with E-state index in [4.69, 9.17) is 15.2 Å². The number of nitro benzene ring substituents is 1. The van der Waals surface area contributed by atoms with Crippen molar-refractivity contribution in [2.45, 2.75) is 26.3 Å². The molecule has 8 nitrogen and oxygen atoms in total. The Bertz CT molecular complexity index is 634. The number of benzene rings is 1. The molecule has 24 heavy (non-hydrogen) atoms. The van der Waals surface area contributed by atoms with Crippen LogP contribution in [0.15, 0.2) is 12.1 Å². The topological polar surface area (TPSA) is 108 Å². The zero-order valence-corrected chi connectivity index (χ0v) is 14.2. The van der Waals surface area contributed by atoms with Crippen LogP contribution in [0.4, 0.5) is 5.69 Å². The lowest BCUT2D eigenvalue weighted by molar-refractivity contribution is -0.385. The van der Waals surface area contributed by atoms with Crippen molar-refractivity contribution in [2.24, 2.45) is 11.7 Å². The Labute approximate surface area is 140 Å². The third kappa shape index (κ3) is 3.43. The molecule has 0 aliphatic carbocycles. The van der Waals surface area contributed by atoms with Gasteiger partial charge in [-0.3, -0.25) is 14.9 Å². The molecule has 1 heterocycles. The standard InChI is InChI=1S/C16H23N3O5/c1-4-24-15-7-13(19(21)22)12(6-14(15)23-3)16(20)18-9-11(8-17)5-10(18)2/h6-7,10-11H,4-5,8-9,17H2,1-3H3. The number of nitrogens with zero attached hydrogens (tertiary/aromatic N) is 2. The summed E-state index contributed by atoms with van der Waals surface area (Å²) in [5.74, 6) is 0.379. The molecule has 2 N–H and O–H groups in total. The first kappa shape index (κ1) is 18.0. The molecule has 0 aromatic heterocycles. The maximum atomic E-state index is 12.9. The van der Waals surface area contributed by atoms with Crippen LogP contribution in [0.3, 0.4) is 0 Å². The molecular weight excluding hydrogens is 314 g/mol. The number of rotatable bonds is 6. The van der Waals surface area contributed by atoms with E-state index in [9.17, 15) is 14.9 Å². The molecule has 0 radical (unpaired) electrons. The summed E-state index contributed by atoms with van der Waals surface area (Å²) in [6.45, 7) is 5.02. The Morgan fingerprint density at radius 1 is 1.46 bits per heavy atom. The number of nitrogens with two attached hydrogens (primary N) is 1. The third-order valence-corrected chi connectivity index (χ3v) is 4.26. The van der Waals surface area contributed by atoms with Crippen molar-refractivity contribution < 1.29 is 19.2 Å². The summed E-state index contributed by atoms with van der Waals surface area (Å²) in [5.41, 5.74) is 5.41. The normalized spacial score (nSPS) is 20.1. The van der Waals surface area contributed by atoms with Gasteiger partial charge in [0.05, 0.1) is 24.7 Å². The van der Waals surface area contributed by atoms with Crippen molar-refractivity contribution in [1.82, 2.24) is 4.90 Å². The number of nitro groups is 1. The number of ether oxygens (including phenoxy) is 2. The van der Waals surface area contributed by atoms with Crippen LogP contribution in [0.5, 0.6) is 11.5 Å². The lowest BCUT2D eigenvalue weighted by atomic mass is 10.1. The molecule has 1 aromatic rings. The SMILES string of the molecule is CCOc1cc([N+](=O)[O-])c(C(=O)N2CC(CN)CC2C)cc1OC. The molecule has 2 atom stereocenters. The molecule has 1 aromatic carbocycles. The van der Waals surface area contributed by atoms with Crippen molar-refractivity contribution in [3.63, 3.8) is 0 Å². The fourth-order valence-corrected chi connectivity index (χ4v) is 3.05. The van der Waals surface area contributed by atoms with E-state index in [1.807, 2.05) is 6.92 Å². The zero-order chi connectivity index (χ0) is 17.9. The van der Waals surface area contributed by atoms with Gasteiger partial charge in [0.1, 0.15) is 5.56 Å². The molecule has 132 valence electrons. The molecule has 0 saturated carbocycles. The van der Waals surface area contributed by atoms with E-state index >= 15 is 0 Å². The van der Waals surface area contributed by atoms with Crippen LogP contribution >= 0.6 is 0 Å². The summed E-state index contributed by atoms with van der Waals surface area (Å²) in [7, 11) is 1.43. The minimum absolute atomic E-state index is 0.00447. The molecule has 1 aliphatic rings. The molecule has 2 rings (SSSR count). The first-order valence-corrected chi connectivity index (χ1v) is 7.93. The Balaban J connectivity index is 2.44. The van der Waals surface area contributed by atoms with Crippen LogP contribution in [0.1, 0.15) is 30.6 Å². The van der Waals surface area contributed by atoms with E-state index in [2.05, 4.69) is 0 Å². The Hall–Kier alpha value is -2.35. The third-order valence-electron chi connectivity index (χ3n) is 4.26. The van der Waals surface area contributed by atoms with E-state index in [0.717, 1.165) is 6.42 Å². The number of carbonyl (C=O) groups is 1. The molecule has 1 amide bonds. The lowest BCUT2D eigenvalue weighted by Crippen LogP contribution is -2.34. The molecule has 1 saturated heterocycles. The predicted octanol–water partition coefficient (Wildman–Crippen LogP) is 1.81. The second kappa shape index (κ2) is 7.48. The molecule has 0 spiro atoms. The largest absolute Gasteiger partial charge is 0.493 e. The monoisotopic (exact) mass is 337 g/mol. The average Bonchev–Trinajstić information content (AvgIpc) is 2.95. The van der Waals surface area contributed by atoms with Gasteiger partial charge in [-0.1, -0.05) is 0 Å². The van der Waals surface area contributed by atoms with Crippen molar-refractivity contribution >= 4 is 11.6 Å². The van der Waals surface area contributed by atoms with E-state index in [1.165, 1.54) is 19.2 Å². The number of carbonyl (C=O) groups excluding carboxylic acids is 1. The van der Waals surface area contributed by atoms with Gasteiger partial charge in [0, 0.05) is 18.7 Å². The average molecular weight is 337 g/mol. The second-order valence-electron chi connectivity index (χ2n) is 5.85. The van der Waals surface area contributed by atoms with Crippen LogP contribution in [0.25, 0.3) is 0 Å². The summed E-state index contributed by atoms with van der Waals surface area (Å²) in [6, 6.07) is 2.62. The number of methoxy groups -OCH3 is 1. The van der Waals surface area contributed by atoms with E-state index in [-0.39, 0.29) is 34.9 Å². The Kier molecular flexibility index (Phi) is 5.61. The van der Waals surface area contributed by atoms with Crippen molar-refractivity contribution in [1.29, 1.82) is 0 Å². The maximum absolute atomic E-state index is 12.9. The van der Waals surface area contributed by atoms with Gasteiger partial charge in [-0.15, -0.1) is 0 Å². The van der Waals surface area contributed by atoms with Gasteiger partial charge in [-0.25, -0.2) is 0 Å². The van der Waals surface area contributed by atoms with E-state index < -0.39 is 4.92 Å². The van der Waals surface area contributed by atoms with Gasteiger partial charge in [-0.2, -0.15) is 0 Å². The number of likely N-dealkylation sites (tertiary alicyclic amines) is 1. The fourth-order valence-electron chi connectivity index (χ4n) is 3.05. The highest BCUT2D eigenvalue weighted by molar-refractivity contribution is 5.99. The molecular formula is C16H23N3O5. The molecule has 1 fully saturated rings. The second-order valence-corrected chi connectivity index (χ2v) is 5.85. The van der Waals surface area contributed by atoms with Crippen molar-refractivity contribution in [2.75, 3.05) is 26.8 Å². The van der Waals surface area contributed by atoms with Crippen LogP contribution in [0.2, 0.25) is 0 Å². The first-order chi connectivity index (χ1) is 11.4. The summed E-state index contributed by atoms with van der Waals surface area (Å²) >= 11 is 0. The summed E-state index contributed by atoms with van der Waals surface area (Å²) in [4.78, 5) is 25.3. The lowest BCUT2D eigenvalue weighted by Gasteiger charge is -2.22. The van der Waals surface area contributed by atoms with Gasteiger partial charge in [0.2, 0.25) is 0 Å². The van der Waals surface area contributed by atoms with Crippen molar-refractivity contribution in [3.8, 4) is 11.5 Å². The molecule has 0 bridgehead atoms. The minimum atomic E-state index is -0.573. The van der Waals surface area contributed by atoms with Gasteiger partial charge >= 0.3 is 0 Å². The fraction of sp³-hybridized carbons (Fsp3) is 0.562. The maximum Gasteiger partial charge on any atom is 0.286 e. The number of hydrogen-bond donors (Lipinski definition) is 1. The Morgan fingerprint density at radius 3 is 2.67 bits per heavy atom. The molecule has 1 aliphatic heterocycles. The zero-order valence-electron chi connectivity index (χ0n) is 14.2. The van der Waals surface area contributed by atoms with Crippen molar-refractivity contribution in [3.05, 3.63) is 27.8 Å². The molecule has 8 heteroatoms. The Morgan fingerprint density at radius 2 is 2.17 bits per heavy atom. The van der Waals surface area contributed by atoms with Gasteiger partial charge in [0.25, 0.3) is 11.6 Å². The highest BCUT2D eigenvalue weighted by Gasteiger charge is 2.35. The molecule has 2 unspecified atom stereocenters. The first-order valence-electron chi connectivity index (χ1n) is 7.93. The van der Waals surface area contributed by atoms with Crippen LogP contribution in [-0.2, 0) is 0 Å². The van der Waals surface area contributed by atoms with Crippen LogP contribution in [-0.4, -0.2) is 48.6 Å². The quantitative estimate of drug-likeness (QED) is 0.626. The van der Waals surface area contributed by atoms with Crippen LogP contribution in [0, 0.1) is 16.0 Å². The van der Waals surface area contributed by atoms with Gasteiger partial charge in [0.15, 0.2) is 11.5 Å².